The topological polar surface area (TPSA) is 96.7 Å². The van der Waals surface area contributed by atoms with Gasteiger partial charge in [-0.3, -0.25) is 9.48 Å². The summed E-state index contributed by atoms with van der Waals surface area (Å²) < 4.78 is 6.85. The summed E-state index contributed by atoms with van der Waals surface area (Å²) in [5.41, 5.74) is 2.20. The number of carbonyl (C=O) groups excluding carboxylic acids is 1. The van der Waals surface area contributed by atoms with Gasteiger partial charge >= 0.3 is 6.09 Å². The van der Waals surface area contributed by atoms with Gasteiger partial charge in [-0.2, -0.15) is 5.10 Å². The standard InChI is InChI=1S/C21H30N4O4/c1-13-15(19(26)22-8-9-29-5)6-7-17-16(13)12-24(23-17)10-14-11-25(20(27)28)18(14)21(2,3)4/h6-7,12,14,18H,8-11H2,1-5H3,(H,22,26)(H,27,28). The molecule has 2 unspecified atom stereocenters. The van der Waals surface area contributed by atoms with E-state index in [1.54, 1.807) is 13.2 Å². The van der Waals surface area contributed by atoms with Crippen molar-refractivity contribution in [3.05, 3.63) is 29.5 Å². The molecule has 158 valence electrons. The number of likely N-dealkylation sites (tertiary alicyclic amines) is 1. The Hall–Kier alpha value is -2.61. The van der Waals surface area contributed by atoms with E-state index in [0.717, 1.165) is 16.5 Å². The lowest BCUT2D eigenvalue weighted by Gasteiger charge is -2.52. The van der Waals surface area contributed by atoms with Crippen LogP contribution in [0.4, 0.5) is 4.79 Å². The molecule has 1 aromatic heterocycles. The van der Waals surface area contributed by atoms with Crippen LogP contribution in [0.5, 0.6) is 0 Å². The second-order valence-corrected chi connectivity index (χ2v) is 8.78. The normalized spacial score (nSPS) is 19.3. The lowest BCUT2D eigenvalue weighted by molar-refractivity contribution is -0.0424. The minimum absolute atomic E-state index is 0.0458. The van der Waals surface area contributed by atoms with Crippen molar-refractivity contribution in [1.29, 1.82) is 0 Å². The zero-order chi connectivity index (χ0) is 21.3. The fourth-order valence-electron chi connectivity index (χ4n) is 4.33. The van der Waals surface area contributed by atoms with Crippen molar-refractivity contribution < 1.29 is 19.4 Å². The molecule has 2 atom stereocenters. The van der Waals surface area contributed by atoms with E-state index in [2.05, 4.69) is 31.2 Å². The summed E-state index contributed by atoms with van der Waals surface area (Å²) in [5.74, 6) is 0.0793. The Morgan fingerprint density at radius 3 is 2.69 bits per heavy atom. The van der Waals surface area contributed by atoms with Gasteiger partial charge in [-0.25, -0.2) is 4.79 Å². The quantitative estimate of drug-likeness (QED) is 0.724. The Labute approximate surface area is 170 Å². The van der Waals surface area contributed by atoms with Crippen LogP contribution in [-0.2, 0) is 11.3 Å². The number of hydrogen-bond acceptors (Lipinski definition) is 4. The van der Waals surface area contributed by atoms with Gasteiger partial charge in [-0.15, -0.1) is 0 Å². The third-order valence-corrected chi connectivity index (χ3v) is 5.61. The predicted octanol–water partition coefficient (Wildman–Crippen LogP) is 2.75. The maximum absolute atomic E-state index is 12.4. The zero-order valence-electron chi connectivity index (χ0n) is 17.7. The van der Waals surface area contributed by atoms with E-state index in [1.165, 1.54) is 4.90 Å². The van der Waals surface area contributed by atoms with Crippen LogP contribution >= 0.6 is 0 Å². The molecule has 8 heteroatoms. The predicted molar refractivity (Wildman–Crippen MR) is 110 cm³/mol. The number of methoxy groups -OCH3 is 1. The van der Waals surface area contributed by atoms with E-state index in [4.69, 9.17) is 4.74 Å². The number of amides is 2. The molecule has 0 saturated carbocycles. The number of rotatable bonds is 6. The number of nitrogens with zero attached hydrogens (tertiary/aromatic N) is 3. The van der Waals surface area contributed by atoms with Crippen molar-refractivity contribution in [2.45, 2.75) is 40.3 Å². The van der Waals surface area contributed by atoms with Crippen LogP contribution in [0.3, 0.4) is 0 Å². The number of aryl methyl sites for hydroxylation is 1. The maximum Gasteiger partial charge on any atom is 0.407 e. The maximum atomic E-state index is 12.4. The number of benzene rings is 1. The van der Waals surface area contributed by atoms with Crippen LogP contribution in [0, 0.1) is 18.3 Å². The van der Waals surface area contributed by atoms with Crippen LogP contribution in [0.1, 0.15) is 36.7 Å². The van der Waals surface area contributed by atoms with Gasteiger partial charge < -0.3 is 20.1 Å². The van der Waals surface area contributed by atoms with Crippen molar-refractivity contribution in [1.82, 2.24) is 20.0 Å². The van der Waals surface area contributed by atoms with Gasteiger partial charge in [-0.1, -0.05) is 20.8 Å². The first-order valence-electron chi connectivity index (χ1n) is 9.87. The second-order valence-electron chi connectivity index (χ2n) is 8.78. The van der Waals surface area contributed by atoms with Crippen molar-refractivity contribution in [2.75, 3.05) is 26.8 Å². The highest BCUT2D eigenvalue weighted by Gasteiger charge is 2.48. The summed E-state index contributed by atoms with van der Waals surface area (Å²) in [5, 5.41) is 17.9. The number of carbonyl (C=O) groups is 2. The smallest absolute Gasteiger partial charge is 0.407 e. The first-order chi connectivity index (χ1) is 13.6. The largest absolute Gasteiger partial charge is 0.465 e. The molecule has 2 aromatic rings. The molecule has 2 amide bonds. The lowest BCUT2D eigenvalue weighted by atomic mass is 9.72. The number of ether oxygens (including phenoxy) is 1. The van der Waals surface area contributed by atoms with Crippen LogP contribution in [0.15, 0.2) is 18.3 Å². The van der Waals surface area contributed by atoms with E-state index in [9.17, 15) is 14.7 Å². The Bertz CT molecular complexity index is 915. The Morgan fingerprint density at radius 2 is 2.07 bits per heavy atom. The van der Waals surface area contributed by atoms with E-state index >= 15 is 0 Å². The van der Waals surface area contributed by atoms with Crippen molar-refractivity contribution in [3.8, 4) is 0 Å². The van der Waals surface area contributed by atoms with Crippen LogP contribution in [0.2, 0.25) is 0 Å². The van der Waals surface area contributed by atoms with Crippen LogP contribution in [-0.4, -0.2) is 64.6 Å². The van der Waals surface area contributed by atoms with Gasteiger partial charge in [0.2, 0.25) is 0 Å². The Kier molecular flexibility index (Phi) is 5.84. The molecular weight excluding hydrogens is 372 g/mol. The minimum atomic E-state index is -0.869. The molecule has 0 aliphatic carbocycles. The first kappa shape index (κ1) is 21.1. The number of aromatic nitrogens is 2. The molecule has 0 radical (unpaired) electrons. The molecule has 1 aromatic carbocycles. The van der Waals surface area contributed by atoms with Crippen molar-refractivity contribution in [2.24, 2.45) is 11.3 Å². The van der Waals surface area contributed by atoms with E-state index in [0.29, 0.717) is 31.8 Å². The summed E-state index contributed by atoms with van der Waals surface area (Å²) in [6.07, 6.45) is 1.09. The molecule has 1 saturated heterocycles. The van der Waals surface area contributed by atoms with Gasteiger partial charge in [0, 0.05) is 55.9 Å². The number of hydrogen-bond donors (Lipinski definition) is 2. The summed E-state index contributed by atoms with van der Waals surface area (Å²) in [7, 11) is 1.60. The Balaban J connectivity index is 1.79. The third kappa shape index (κ3) is 4.22. The first-order valence-corrected chi connectivity index (χ1v) is 9.87. The van der Waals surface area contributed by atoms with E-state index < -0.39 is 6.09 Å². The molecule has 0 bridgehead atoms. The van der Waals surface area contributed by atoms with Gasteiger partial charge in [0.15, 0.2) is 0 Å². The number of nitrogens with one attached hydrogen (secondary N) is 1. The highest BCUT2D eigenvalue weighted by atomic mass is 16.5. The summed E-state index contributed by atoms with van der Waals surface area (Å²) in [4.78, 5) is 25.4. The molecule has 1 aliphatic heterocycles. The molecule has 1 fully saturated rings. The van der Waals surface area contributed by atoms with Gasteiger partial charge in [0.05, 0.1) is 12.1 Å². The highest BCUT2D eigenvalue weighted by Crippen LogP contribution is 2.39. The third-order valence-electron chi connectivity index (χ3n) is 5.61. The molecule has 0 spiro atoms. The number of carboxylic acid groups (broad SMARTS) is 1. The fraction of sp³-hybridized carbons (Fsp3) is 0.571. The zero-order valence-corrected chi connectivity index (χ0v) is 17.7. The molecular formula is C21H30N4O4. The molecule has 1 aliphatic rings. The van der Waals surface area contributed by atoms with Gasteiger partial charge in [-0.05, 0) is 30.0 Å². The monoisotopic (exact) mass is 402 g/mol. The second kappa shape index (κ2) is 8.02. The lowest BCUT2D eigenvalue weighted by Crippen LogP contribution is -2.64. The average Bonchev–Trinajstić information content (AvgIpc) is 3.00. The SMILES string of the molecule is COCCNC(=O)c1ccc2nn(CC3CN(C(=O)O)C3C(C)(C)C)cc2c1C. The van der Waals surface area contributed by atoms with E-state index in [-0.39, 0.29) is 23.3 Å². The van der Waals surface area contributed by atoms with Crippen molar-refractivity contribution >= 4 is 22.9 Å². The van der Waals surface area contributed by atoms with Crippen LogP contribution < -0.4 is 5.32 Å². The molecule has 29 heavy (non-hydrogen) atoms. The molecule has 3 rings (SSSR count). The molecule has 2 heterocycles. The van der Waals surface area contributed by atoms with Gasteiger partial charge in [0.1, 0.15) is 0 Å². The number of fused-ring (bicyclic) bond motifs is 1. The van der Waals surface area contributed by atoms with E-state index in [1.807, 2.05) is 23.9 Å². The summed E-state index contributed by atoms with van der Waals surface area (Å²) in [6, 6.07) is 3.61. The minimum Gasteiger partial charge on any atom is -0.465 e. The van der Waals surface area contributed by atoms with Crippen molar-refractivity contribution in [3.63, 3.8) is 0 Å². The summed E-state index contributed by atoms with van der Waals surface area (Å²) >= 11 is 0. The highest BCUT2D eigenvalue weighted by molar-refractivity contribution is 6.00. The average molecular weight is 402 g/mol. The van der Waals surface area contributed by atoms with Crippen LogP contribution in [0.25, 0.3) is 10.9 Å². The molecule has 8 nitrogen and oxygen atoms in total. The molecule has 2 N–H and O–H groups in total. The summed E-state index contributed by atoms with van der Waals surface area (Å²) in [6.45, 7) is 10.2. The Morgan fingerprint density at radius 1 is 1.34 bits per heavy atom. The fourth-order valence-corrected chi connectivity index (χ4v) is 4.33. The van der Waals surface area contributed by atoms with Gasteiger partial charge in [0.25, 0.3) is 5.91 Å².